The molecule has 0 aliphatic heterocycles. The van der Waals surface area contributed by atoms with E-state index >= 15 is 0 Å². The number of nitrogens with one attached hydrogen (secondary N) is 1. The van der Waals surface area contributed by atoms with Gasteiger partial charge in [0.25, 0.3) is 5.91 Å². The summed E-state index contributed by atoms with van der Waals surface area (Å²) >= 11 is 0. The highest BCUT2D eigenvalue weighted by Gasteiger charge is 2.18. The Morgan fingerprint density at radius 2 is 1.65 bits per heavy atom. The Morgan fingerprint density at radius 3 is 2.42 bits per heavy atom. The van der Waals surface area contributed by atoms with Crippen LogP contribution in [0.3, 0.4) is 0 Å². The van der Waals surface area contributed by atoms with Gasteiger partial charge in [0.15, 0.2) is 6.10 Å². The summed E-state index contributed by atoms with van der Waals surface area (Å²) in [5.74, 6) is 0.605. The molecule has 3 heteroatoms. The van der Waals surface area contributed by atoms with E-state index in [0.29, 0.717) is 0 Å². The van der Waals surface area contributed by atoms with Crippen LogP contribution in [0.4, 0.5) is 0 Å². The summed E-state index contributed by atoms with van der Waals surface area (Å²) < 4.78 is 5.96. The molecule has 26 heavy (non-hydrogen) atoms. The SMILES string of the molecule is Cc1ccc([C@H](C)NC(=O)[C@@H](C)Oc2cccc3ccccc23)cc1C. The highest BCUT2D eigenvalue weighted by molar-refractivity contribution is 5.89. The van der Waals surface area contributed by atoms with Crippen LogP contribution in [0.5, 0.6) is 5.75 Å². The second-order valence-electron chi connectivity index (χ2n) is 6.81. The van der Waals surface area contributed by atoms with E-state index in [9.17, 15) is 4.79 Å². The molecule has 3 aromatic carbocycles. The zero-order chi connectivity index (χ0) is 18.7. The van der Waals surface area contributed by atoms with Crippen molar-refractivity contribution in [2.24, 2.45) is 0 Å². The molecule has 0 unspecified atom stereocenters. The van der Waals surface area contributed by atoms with Crippen molar-refractivity contribution < 1.29 is 9.53 Å². The van der Waals surface area contributed by atoms with Crippen molar-refractivity contribution in [3.05, 3.63) is 77.4 Å². The van der Waals surface area contributed by atoms with Crippen LogP contribution < -0.4 is 10.1 Å². The molecule has 1 N–H and O–H groups in total. The summed E-state index contributed by atoms with van der Waals surface area (Å²) in [6.45, 7) is 7.94. The number of hydrogen-bond acceptors (Lipinski definition) is 2. The molecule has 3 aromatic rings. The van der Waals surface area contributed by atoms with Crippen molar-refractivity contribution in [2.45, 2.75) is 39.8 Å². The Labute approximate surface area is 155 Å². The minimum atomic E-state index is -0.574. The summed E-state index contributed by atoms with van der Waals surface area (Å²) in [7, 11) is 0. The maximum absolute atomic E-state index is 12.6. The lowest BCUT2D eigenvalue weighted by molar-refractivity contribution is -0.127. The molecule has 1 amide bonds. The average Bonchev–Trinajstić information content (AvgIpc) is 2.64. The van der Waals surface area contributed by atoms with Crippen molar-refractivity contribution in [3.8, 4) is 5.75 Å². The van der Waals surface area contributed by atoms with Crippen molar-refractivity contribution >= 4 is 16.7 Å². The van der Waals surface area contributed by atoms with Crippen LogP contribution >= 0.6 is 0 Å². The van der Waals surface area contributed by atoms with E-state index in [-0.39, 0.29) is 11.9 Å². The third-order valence-electron chi connectivity index (χ3n) is 4.81. The molecular formula is C23H25NO2. The van der Waals surface area contributed by atoms with Crippen LogP contribution in [0.25, 0.3) is 10.8 Å². The molecule has 3 nitrogen and oxygen atoms in total. The normalized spacial score (nSPS) is 13.2. The standard InChI is InChI=1S/C23H25NO2/c1-15-12-13-20(14-16(15)2)17(3)24-23(25)18(4)26-22-11-7-9-19-8-5-6-10-21(19)22/h5-14,17-18H,1-4H3,(H,24,25)/t17-,18+/m0/s1. The minimum absolute atomic E-state index is 0.0691. The number of fused-ring (bicyclic) bond motifs is 1. The van der Waals surface area contributed by atoms with Gasteiger partial charge in [-0.3, -0.25) is 4.79 Å². The molecule has 0 heterocycles. The molecule has 134 valence electrons. The zero-order valence-corrected chi connectivity index (χ0v) is 15.7. The summed E-state index contributed by atoms with van der Waals surface area (Å²) in [6, 6.07) is 20.1. The van der Waals surface area contributed by atoms with Gasteiger partial charge in [-0.25, -0.2) is 0 Å². The molecule has 0 saturated heterocycles. The largest absolute Gasteiger partial charge is 0.480 e. The first-order chi connectivity index (χ1) is 12.5. The van der Waals surface area contributed by atoms with E-state index in [1.165, 1.54) is 11.1 Å². The molecule has 0 spiro atoms. The molecule has 0 aliphatic carbocycles. The number of carbonyl (C=O) groups excluding carboxylic acids is 1. The number of carbonyl (C=O) groups is 1. The fraction of sp³-hybridized carbons (Fsp3) is 0.261. The van der Waals surface area contributed by atoms with Crippen molar-refractivity contribution in [2.75, 3.05) is 0 Å². The van der Waals surface area contributed by atoms with Gasteiger partial charge < -0.3 is 10.1 Å². The van der Waals surface area contributed by atoms with Gasteiger partial charge in [-0.15, -0.1) is 0 Å². The Kier molecular flexibility index (Phi) is 5.27. The molecule has 3 rings (SSSR count). The minimum Gasteiger partial charge on any atom is -0.480 e. The van der Waals surface area contributed by atoms with E-state index in [1.54, 1.807) is 6.92 Å². The van der Waals surface area contributed by atoms with Gasteiger partial charge in [0.05, 0.1) is 6.04 Å². The Bertz CT molecular complexity index is 927. The summed E-state index contributed by atoms with van der Waals surface area (Å²) in [5, 5.41) is 5.16. The fourth-order valence-electron chi connectivity index (χ4n) is 2.99. The predicted octanol–water partition coefficient (Wildman–Crippen LogP) is 5.10. The first-order valence-corrected chi connectivity index (χ1v) is 8.97. The molecule has 0 fully saturated rings. The number of rotatable bonds is 5. The van der Waals surface area contributed by atoms with E-state index in [4.69, 9.17) is 4.74 Å². The van der Waals surface area contributed by atoms with Gasteiger partial charge in [-0.2, -0.15) is 0 Å². The second kappa shape index (κ2) is 7.61. The maximum Gasteiger partial charge on any atom is 0.261 e. The van der Waals surface area contributed by atoms with E-state index in [0.717, 1.165) is 22.1 Å². The predicted molar refractivity (Wildman–Crippen MR) is 107 cm³/mol. The number of ether oxygens (including phenoxy) is 1. The summed E-state index contributed by atoms with van der Waals surface area (Å²) in [5.41, 5.74) is 3.57. The topological polar surface area (TPSA) is 38.3 Å². The molecule has 0 saturated carbocycles. The Balaban J connectivity index is 1.70. The molecule has 0 bridgehead atoms. The van der Waals surface area contributed by atoms with E-state index in [1.807, 2.05) is 49.4 Å². The van der Waals surface area contributed by atoms with E-state index < -0.39 is 6.10 Å². The van der Waals surface area contributed by atoms with Gasteiger partial charge in [0.1, 0.15) is 5.75 Å². The first-order valence-electron chi connectivity index (χ1n) is 8.97. The Hall–Kier alpha value is -2.81. The van der Waals surface area contributed by atoms with Crippen molar-refractivity contribution in [1.29, 1.82) is 0 Å². The molecule has 0 aromatic heterocycles. The molecule has 0 aliphatic rings. The van der Waals surface area contributed by atoms with Crippen LogP contribution in [-0.4, -0.2) is 12.0 Å². The van der Waals surface area contributed by atoms with Gasteiger partial charge >= 0.3 is 0 Å². The number of benzene rings is 3. The van der Waals surface area contributed by atoms with Gasteiger partial charge in [0.2, 0.25) is 0 Å². The third-order valence-corrected chi connectivity index (χ3v) is 4.81. The lowest BCUT2D eigenvalue weighted by atomic mass is 10.0. The van der Waals surface area contributed by atoms with Crippen molar-refractivity contribution in [3.63, 3.8) is 0 Å². The third kappa shape index (κ3) is 3.88. The fourth-order valence-corrected chi connectivity index (χ4v) is 2.99. The quantitative estimate of drug-likeness (QED) is 0.697. The molecule has 2 atom stereocenters. The van der Waals surface area contributed by atoms with Gasteiger partial charge in [-0.1, -0.05) is 54.6 Å². The highest BCUT2D eigenvalue weighted by Crippen LogP contribution is 2.26. The summed E-state index contributed by atoms with van der Waals surface area (Å²) in [4.78, 5) is 12.6. The molecule has 0 radical (unpaired) electrons. The lowest BCUT2D eigenvalue weighted by Crippen LogP contribution is -2.37. The number of amides is 1. The van der Waals surface area contributed by atoms with Gasteiger partial charge in [-0.05, 0) is 55.8 Å². The van der Waals surface area contributed by atoms with Gasteiger partial charge in [0, 0.05) is 5.39 Å². The van der Waals surface area contributed by atoms with Crippen LogP contribution in [0.15, 0.2) is 60.7 Å². The lowest BCUT2D eigenvalue weighted by Gasteiger charge is -2.20. The van der Waals surface area contributed by atoms with E-state index in [2.05, 4.69) is 37.4 Å². The average molecular weight is 347 g/mol. The first kappa shape index (κ1) is 18.0. The Morgan fingerprint density at radius 1 is 0.923 bits per heavy atom. The zero-order valence-electron chi connectivity index (χ0n) is 15.7. The van der Waals surface area contributed by atoms with Crippen LogP contribution in [0.1, 0.15) is 36.6 Å². The number of hydrogen-bond donors (Lipinski definition) is 1. The smallest absolute Gasteiger partial charge is 0.261 e. The monoisotopic (exact) mass is 347 g/mol. The maximum atomic E-state index is 12.6. The summed E-state index contributed by atoms with van der Waals surface area (Å²) in [6.07, 6.45) is -0.574. The van der Waals surface area contributed by atoms with Crippen LogP contribution in [0.2, 0.25) is 0 Å². The van der Waals surface area contributed by atoms with Crippen LogP contribution in [0, 0.1) is 13.8 Å². The second-order valence-corrected chi connectivity index (χ2v) is 6.81. The van der Waals surface area contributed by atoms with Crippen molar-refractivity contribution in [1.82, 2.24) is 5.32 Å². The highest BCUT2D eigenvalue weighted by atomic mass is 16.5. The molecular weight excluding hydrogens is 322 g/mol. The van der Waals surface area contributed by atoms with Crippen LogP contribution in [-0.2, 0) is 4.79 Å². The number of aryl methyl sites for hydroxylation is 2.